The molecule has 2 rings (SSSR count). The number of ether oxygens (including phenoxy) is 1. The van der Waals surface area contributed by atoms with Crippen LogP contribution < -0.4 is 5.73 Å². The Labute approximate surface area is 119 Å². The Kier molecular flexibility index (Phi) is 5.11. The van der Waals surface area contributed by atoms with Crippen molar-refractivity contribution >= 4 is 5.91 Å². The fourth-order valence-corrected chi connectivity index (χ4v) is 2.52. The van der Waals surface area contributed by atoms with Crippen molar-refractivity contribution in [2.24, 2.45) is 5.73 Å². The standard InChI is InChI=1S/C15H22N2O3/c1-11-8-17(9-13(10-18)20-11)15(19)14(16)7-12-5-3-2-4-6-12/h2-6,11,13-14,18H,7-10,16H2,1H3. The van der Waals surface area contributed by atoms with Gasteiger partial charge < -0.3 is 20.5 Å². The van der Waals surface area contributed by atoms with Crippen molar-refractivity contribution in [3.8, 4) is 0 Å². The summed E-state index contributed by atoms with van der Waals surface area (Å²) >= 11 is 0. The quantitative estimate of drug-likeness (QED) is 0.823. The van der Waals surface area contributed by atoms with Crippen LogP contribution in [0.3, 0.4) is 0 Å². The molecule has 1 aromatic rings. The molecule has 1 amide bonds. The molecule has 1 heterocycles. The van der Waals surface area contributed by atoms with Crippen LogP contribution in [-0.4, -0.2) is 53.9 Å². The number of benzene rings is 1. The van der Waals surface area contributed by atoms with Gasteiger partial charge in [0.2, 0.25) is 5.91 Å². The first-order valence-electron chi connectivity index (χ1n) is 6.94. The third-order valence-electron chi connectivity index (χ3n) is 3.46. The number of carbonyl (C=O) groups is 1. The van der Waals surface area contributed by atoms with Gasteiger partial charge in [0.25, 0.3) is 0 Å². The molecular formula is C15H22N2O3. The number of nitrogens with zero attached hydrogens (tertiary/aromatic N) is 1. The molecule has 0 bridgehead atoms. The first-order valence-corrected chi connectivity index (χ1v) is 6.94. The second kappa shape index (κ2) is 6.83. The van der Waals surface area contributed by atoms with E-state index >= 15 is 0 Å². The van der Waals surface area contributed by atoms with Crippen LogP contribution in [0.5, 0.6) is 0 Å². The van der Waals surface area contributed by atoms with Crippen molar-refractivity contribution in [2.45, 2.75) is 31.6 Å². The summed E-state index contributed by atoms with van der Waals surface area (Å²) in [5.74, 6) is -0.0811. The van der Waals surface area contributed by atoms with Crippen LogP contribution in [0, 0.1) is 0 Å². The molecule has 0 radical (unpaired) electrons. The average Bonchev–Trinajstić information content (AvgIpc) is 2.46. The van der Waals surface area contributed by atoms with Crippen molar-refractivity contribution in [1.29, 1.82) is 0 Å². The van der Waals surface area contributed by atoms with Crippen molar-refractivity contribution < 1.29 is 14.6 Å². The van der Waals surface area contributed by atoms with Crippen molar-refractivity contribution in [3.63, 3.8) is 0 Å². The summed E-state index contributed by atoms with van der Waals surface area (Å²) in [5, 5.41) is 9.19. The van der Waals surface area contributed by atoms with Gasteiger partial charge in [-0.3, -0.25) is 4.79 Å². The van der Waals surface area contributed by atoms with E-state index in [1.54, 1.807) is 4.90 Å². The molecule has 5 nitrogen and oxygen atoms in total. The highest BCUT2D eigenvalue weighted by Crippen LogP contribution is 2.13. The fourth-order valence-electron chi connectivity index (χ4n) is 2.52. The minimum Gasteiger partial charge on any atom is -0.394 e. The first-order chi connectivity index (χ1) is 9.60. The maximum Gasteiger partial charge on any atom is 0.240 e. The Bertz CT molecular complexity index is 438. The number of hydrogen-bond donors (Lipinski definition) is 2. The molecule has 1 aliphatic rings. The molecule has 3 atom stereocenters. The highest BCUT2D eigenvalue weighted by molar-refractivity contribution is 5.82. The molecule has 1 fully saturated rings. The van der Waals surface area contributed by atoms with E-state index in [1.165, 1.54) is 0 Å². The Morgan fingerprint density at radius 3 is 2.80 bits per heavy atom. The monoisotopic (exact) mass is 278 g/mol. The zero-order valence-electron chi connectivity index (χ0n) is 11.7. The van der Waals surface area contributed by atoms with Crippen LogP contribution in [0.4, 0.5) is 0 Å². The van der Waals surface area contributed by atoms with Gasteiger partial charge in [0.15, 0.2) is 0 Å². The zero-order valence-corrected chi connectivity index (χ0v) is 11.7. The van der Waals surface area contributed by atoms with Gasteiger partial charge in [0, 0.05) is 13.1 Å². The molecule has 1 aromatic carbocycles. The van der Waals surface area contributed by atoms with E-state index in [0.717, 1.165) is 5.56 Å². The molecular weight excluding hydrogens is 256 g/mol. The molecule has 3 N–H and O–H groups in total. The third kappa shape index (κ3) is 3.79. The summed E-state index contributed by atoms with van der Waals surface area (Å²) in [7, 11) is 0. The highest BCUT2D eigenvalue weighted by Gasteiger charge is 2.30. The Morgan fingerprint density at radius 1 is 1.45 bits per heavy atom. The lowest BCUT2D eigenvalue weighted by Gasteiger charge is -2.37. The van der Waals surface area contributed by atoms with Crippen LogP contribution in [0.25, 0.3) is 0 Å². The fraction of sp³-hybridized carbons (Fsp3) is 0.533. The molecule has 5 heteroatoms. The van der Waals surface area contributed by atoms with E-state index in [0.29, 0.717) is 19.5 Å². The molecule has 1 saturated heterocycles. The van der Waals surface area contributed by atoms with Gasteiger partial charge in [0.05, 0.1) is 24.9 Å². The largest absolute Gasteiger partial charge is 0.394 e. The number of amides is 1. The predicted molar refractivity (Wildman–Crippen MR) is 76.1 cm³/mol. The maximum absolute atomic E-state index is 12.4. The number of aliphatic hydroxyl groups is 1. The number of nitrogens with two attached hydrogens (primary N) is 1. The predicted octanol–water partition coefficient (Wildman–Crippen LogP) is 0.165. The van der Waals surface area contributed by atoms with Crippen molar-refractivity contribution in [1.82, 2.24) is 4.90 Å². The van der Waals surface area contributed by atoms with Gasteiger partial charge in [-0.1, -0.05) is 30.3 Å². The zero-order chi connectivity index (χ0) is 14.5. The summed E-state index contributed by atoms with van der Waals surface area (Å²) < 4.78 is 5.53. The molecule has 0 saturated carbocycles. The van der Waals surface area contributed by atoms with Crippen LogP contribution >= 0.6 is 0 Å². The minimum absolute atomic E-state index is 0.0752. The van der Waals surface area contributed by atoms with Gasteiger partial charge in [0.1, 0.15) is 0 Å². The Morgan fingerprint density at radius 2 is 2.15 bits per heavy atom. The van der Waals surface area contributed by atoms with Crippen LogP contribution in [0.15, 0.2) is 30.3 Å². The Hall–Kier alpha value is -1.43. The van der Waals surface area contributed by atoms with Crippen LogP contribution in [0.1, 0.15) is 12.5 Å². The van der Waals surface area contributed by atoms with E-state index in [-0.39, 0.29) is 24.7 Å². The van der Waals surface area contributed by atoms with E-state index in [9.17, 15) is 9.90 Å². The number of aliphatic hydroxyl groups excluding tert-OH is 1. The van der Waals surface area contributed by atoms with Gasteiger partial charge >= 0.3 is 0 Å². The van der Waals surface area contributed by atoms with E-state index in [2.05, 4.69) is 0 Å². The molecule has 1 aliphatic heterocycles. The molecule has 3 unspecified atom stereocenters. The van der Waals surface area contributed by atoms with Gasteiger partial charge in [-0.2, -0.15) is 0 Å². The minimum atomic E-state index is -0.554. The van der Waals surface area contributed by atoms with Crippen molar-refractivity contribution in [2.75, 3.05) is 19.7 Å². The lowest BCUT2D eigenvalue weighted by Crippen LogP contribution is -2.55. The van der Waals surface area contributed by atoms with Crippen LogP contribution in [-0.2, 0) is 16.0 Å². The number of hydrogen-bond acceptors (Lipinski definition) is 4. The van der Waals surface area contributed by atoms with Gasteiger partial charge in [-0.15, -0.1) is 0 Å². The Balaban J connectivity index is 1.95. The number of morpholine rings is 1. The van der Waals surface area contributed by atoms with E-state index in [1.807, 2.05) is 37.3 Å². The topological polar surface area (TPSA) is 75.8 Å². The first kappa shape index (κ1) is 15.0. The lowest BCUT2D eigenvalue weighted by atomic mass is 10.0. The number of rotatable bonds is 4. The maximum atomic E-state index is 12.4. The summed E-state index contributed by atoms with van der Waals surface area (Å²) in [4.78, 5) is 14.1. The molecule has 0 aliphatic carbocycles. The van der Waals surface area contributed by atoms with Gasteiger partial charge in [-0.25, -0.2) is 0 Å². The smallest absolute Gasteiger partial charge is 0.240 e. The van der Waals surface area contributed by atoms with Gasteiger partial charge in [-0.05, 0) is 18.9 Å². The third-order valence-corrected chi connectivity index (χ3v) is 3.46. The van der Waals surface area contributed by atoms with Crippen LogP contribution in [0.2, 0.25) is 0 Å². The van der Waals surface area contributed by atoms with Crippen molar-refractivity contribution in [3.05, 3.63) is 35.9 Å². The summed E-state index contributed by atoms with van der Waals surface area (Å²) in [6.07, 6.45) is 0.135. The average molecular weight is 278 g/mol. The summed E-state index contributed by atoms with van der Waals surface area (Å²) in [6.45, 7) is 2.74. The normalized spacial score (nSPS) is 24.4. The SMILES string of the molecule is CC1CN(C(=O)C(N)Cc2ccccc2)CC(CO)O1. The summed E-state index contributed by atoms with van der Waals surface area (Å²) in [5.41, 5.74) is 7.07. The molecule has 20 heavy (non-hydrogen) atoms. The second-order valence-corrected chi connectivity index (χ2v) is 5.29. The summed E-state index contributed by atoms with van der Waals surface area (Å²) in [6, 6.07) is 9.18. The van der Waals surface area contributed by atoms with E-state index in [4.69, 9.17) is 10.5 Å². The molecule has 110 valence electrons. The second-order valence-electron chi connectivity index (χ2n) is 5.29. The number of carbonyl (C=O) groups excluding carboxylic acids is 1. The lowest BCUT2D eigenvalue weighted by molar-refractivity contribution is -0.148. The van der Waals surface area contributed by atoms with E-state index < -0.39 is 6.04 Å². The highest BCUT2D eigenvalue weighted by atomic mass is 16.5. The molecule has 0 spiro atoms. The molecule has 0 aromatic heterocycles.